The van der Waals surface area contributed by atoms with Crippen molar-refractivity contribution in [2.24, 2.45) is 10.7 Å². The summed E-state index contributed by atoms with van der Waals surface area (Å²) in [5.41, 5.74) is 10.9. The Balaban J connectivity index is 1.32. The third-order valence-corrected chi connectivity index (χ3v) is 7.28. The summed E-state index contributed by atoms with van der Waals surface area (Å²) < 4.78 is 33.2. The molecule has 6 heteroatoms. The predicted octanol–water partition coefficient (Wildman–Crippen LogP) is 5.26. The van der Waals surface area contributed by atoms with Gasteiger partial charge in [0.2, 0.25) is 5.91 Å². The van der Waals surface area contributed by atoms with Crippen LogP contribution in [0.4, 0.5) is 8.78 Å². The van der Waals surface area contributed by atoms with Gasteiger partial charge in [0.05, 0.1) is 18.2 Å². The van der Waals surface area contributed by atoms with Gasteiger partial charge >= 0.3 is 0 Å². The number of nitrogens with zero attached hydrogens (tertiary/aromatic N) is 1. The number of carbonyl (C=O) groups is 1. The molecule has 0 spiro atoms. The molecular weight excluding hydrogens is 434 g/mol. The molecule has 2 N–H and O–H groups in total. The Morgan fingerprint density at radius 2 is 1.88 bits per heavy atom. The van der Waals surface area contributed by atoms with Crippen molar-refractivity contribution in [2.75, 3.05) is 6.61 Å². The van der Waals surface area contributed by atoms with E-state index in [9.17, 15) is 13.6 Å². The maximum atomic E-state index is 13.6. The van der Waals surface area contributed by atoms with E-state index in [1.54, 1.807) is 6.07 Å². The number of fused-ring (bicyclic) bond motifs is 1. The summed E-state index contributed by atoms with van der Waals surface area (Å²) in [6.45, 7) is 0.669. The second kappa shape index (κ2) is 9.26. The van der Waals surface area contributed by atoms with Crippen molar-refractivity contribution in [1.82, 2.24) is 0 Å². The number of halogens is 2. The standard InChI is InChI=1S/C28H28F2N2O2/c29-23-5-1-18(2-6-23)13-25-8-4-20-14-22-10-12-34-28(22,16-21(20)17-32-25)11-9-19-3-7-24(30)15-26(19)27(31)33/h1-3,5-7,14-15,17,25H,4,8-13,16H2,(H2,31,33). The molecule has 1 saturated heterocycles. The van der Waals surface area contributed by atoms with Crippen molar-refractivity contribution in [3.05, 3.63) is 93.6 Å². The molecule has 0 saturated carbocycles. The van der Waals surface area contributed by atoms with E-state index in [-0.39, 0.29) is 17.4 Å². The van der Waals surface area contributed by atoms with Crippen LogP contribution in [0.3, 0.4) is 0 Å². The maximum Gasteiger partial charge on any atom is 0.249 e. The number of aryl methyl sites for hydroxylation is 1. The lowest BCUT2D eigenvalue weighted by molar-refractivity contribution is 0.0179. The summed E-state index contributed by atoms with van der Waals surface area (Å²) in [6, 6.07) is 11.0. The van der Waals surface area contributed by atoms with Crippen LogP contribution in [0.1, 0.15) is 53.6 Å². The lowest BCUT2D eigenvalue weighted by Gasteiger charge is -2.34. The molecule has 3 aliphatic rings. The number of hydrogen-bond acceptors (Lipinski definition) is 3. The molecule has 1 aliphatic carbocycles. The smallest absolute Gasteiger partial charge is 0.249 e. The Bertz CT molecular complexity index is 1200. The molecule has 1 amide bonds. The van der Waals surface area contributed by atoms with Gasteiger partial charge < -0.3 is 10.5 Å². The summed E-state index contributed by atoms with van der Waals surface area (Å²) in [5, 5.41) is 0. The van der Waals surface area contributed by atoms with Gasteiger partial charge in [0.25, 0.3) is 0 Å². The molecule has 0 radical (unpaired) electrons. The van der Waals surface area contributed by atoms with E-state index in [4.69, 9.17) is 15.5 Å². The number of aliphatic imine (C=N–C) groups is 1. The van der Waals surface area contributed by atoms with Gasteiger partial charge in [0.1, 0.15) is 11.6 Å². The summed E-state index contributed by atoms with van der Waals surface area (Å²) in [7, 11) is 0. The number of ether oxygens (including phenoxy) is 1. The summed E-state index contributed by atoms with van der Waals surface area (Å²) in [4.78, 5) is 16.7. The molecule has 2 atom stereocenters. The number of carbonyl (C=O) groups excluding carboxylic acids is 1. The highest BCUT2D eigenvalue weighted by Gasteiger charge is 2.42. The van der Waals surface area contributed by atoms with Gasteiger partial charge in [-0.15, -0.1) is 0 Å². The molecule has 2 unspecified atom stereocenters. The van der Waals surface area contributed by atoms with Crippen molar-refractivity contribution in [1.29, 1.82) is 0 Å². The van der Waals surface area contributed by atoms with Crippen LogP contribution >= 0.6 is 0 Å². The van der Waals surface area contributed by atoms with E-state index >= 15 is 0 Å². The summed E-state index contributed by atoms with van der Waals surface area (Å²) >= 11 is 0. The van der Waals surface area contributed by atoms with Crippen molar-refractivity contribution in [2.45, 2.75) is 56.6 Å². The Labute approximate surface area is 198 Å². The molecule has 176 valence electrons. The molecule has 34 heavy (non-hydrogen) atoms. The first-order valence-corrected chi connectivity index (χ1v) is 11.8. The second-order valence-electron chi connectivity index (χ2n) is 9.46. The normalized spacial score (nSPS) is 23.8. The van der Waals surface area contributed by atoms with Crippen molar-refractivity contribution >= 4 is 12.1 Å². The Hall–Kier alpha value is -3.12. The number of hydrogen-bond donors (Lipinski definition) is 1. The fourth-order valence-electron chi connectivity index (χ4n) is 5.42. The first-order chi connectivity index (χ1) is 16.4. The SMILES string of the molecule is NC(=O)c1cc(F)ccc1CCC12CC3=C(C=C1CCO2)CCC(Cc1ccc(F)cc1)N=C3. The van der Waals surface area contributed by atoms with Crippen LogP contribution in [0.5, 0.6) is 0 Å². The molecular formula is C28H28F2N2O2. The highest BCUT2D eigenvalue weighted by molar-refractivity contribution is 5.94. The number of primary amides is 1. The molecule has 0 bridgehead atoms. The largest absolute Gasteiger partial charge is 0.370 e. The fourth-order valence-corrected chi connectivity index (χ4v) is 5.42. The zero-order valence-electron chi connectivity index (χ0n) is 19.0. The van der Waals surface area contributed by atoms with Crippen molar-refractivity contribution < 1.29 is 18.3 Å². The number of rotatable bonds is 6. The second-order valence-corrected chi connectivity index (χ2v) is 9.46. The molecule has 4 nitrogen and oxygen atoms in total. The van der Waals surface area contributed by atoms with Gasteiger partial charge in [-0.3, -0.25) is 9.79 Å². The van der Waals surface area contributed by atoms with Crippen molar-refractivity contribution in [3.63, 3.8) is 0 Å². The number of allylic oxidation sites excluding steroid dienone is 2. The number of benzene rings is 2. The van der Waals surface area contributed by atoms with E-state index in [1.165, 1.54) is 41.0 Å². The fraction of sp³-hybridized carbons (Fsp3) is 0.357. The topological polar surface area (TPSA) is 64.7 Å². The van der Waals surface area contributed by atoms with E-state index in [1.807, 2.05) is 18.3 Å². The van der Waals surface area contributed by atoms with Crippen LogP contribution in [0.15, 0.2) is 70.3 Å². The van der Waals surface area contributed by atoms with Gasteiger partial charge in [0.15, 0.2) is 0 Å². The highest BCUT2D eigenvalue weighted by Crippen LogP contribution is 2.46. The Morgan fingerprint density at radius 3 is 2.68 bits per heavy atom. The van der Waals surface area contributed by atoms with Gasteiger partial charge in [0, 0.05) is 18.2 Å². The molecule has 5 rings (SSSR count). The van der Waals surface area contributed by atoms with Crippen LogP contribution in [0, 0.1) is 11.6 Å². The quantitative estimate of drug-likeness (QED) is 0.637. The molecule has 2 aliphatic heterocycles. The van der Waals surface area contributed by atoms with Crippen LogP contribution in [0.2, 0.25) is 0 Å². The van der Waals surface area contributed by atoms with Gasteiger partial charge in [-0.1, -0.05) is 24.3 Å². The first-order valence-electron chi connectivity index (χ1n) is 11.8. The zero-order valence-corrected chi connectivity index (χ0v) is 19.0. The monoisotopic (exact) mass is 462 g/mol. The lowest BCUT2D eigenvalue weighted by Crippen LogP contribution is -2.34. The minimum Gasteiger partial charge on any atom is -0.370 e. The van der Waals surface area contributed by atoms with Crippen LogP contribution in [0.25, 0.3) is 0 Å². The highest BCUT2D eigenvalue weighted by atomic mass is 19.1. The summed E-state index contributed by atoms with van der Waals surface area (Å²) in [6.07, 6.45) is 9.87. The average molecular weight is 463 g/mol. The molecule has 0 aromatic heterocycles. The molecule has 2 aromatic rings. The molecule has 2 aromatic carbocycles. The van der Waals surface area contributed by atoms with E-state index < -0.39 is 17.3 Å². The minimum absolute atomic E-state index is 0.156. The zero-order chi connectivity index (χ0) is 23.7. The molecule has 2 heterocycles. The Kier molecular flexibility index (Phi) is 6.17. The van der Waals surface area contributed by atoms with Crippen LogP contribution < -0.4 is 5.73 Å². The predicted molar refractivity (Wildman–Crippen MR) is 128 cm³/mol. The van der Waals surface area contributed by atoms with Gasteiger partial charge in [-0.2, -0.15) is 0 Å². The molecule has 1 fully saturated rings. The van der Waals surface area contributed by atoms with E-state index in [0.29, 0.717) is 19.4 Å². The lowest BCUT2D eigenvalue weighted by atomic mass is 9.76. The summed E-state index contributed by atoms with van der Waals surface area (Å²) in [5.74, 6) is -1.31. The Morgan fingerprint density at radius 1 is 1.09 bits per heavy atom. The third kappa shape index (κ3) is 4.60. The van der Waals surface area contributed by atoms with Gasteiger partial charge in [-0.25, -0.2) is 8.78 Å². The third-order valence-electron chi connectivity index (χ3n) is 7.28. The maximum absolute atomic E-state index is 13.6. The minimum atomic E-state index is -0.619. The van der Waals surface area contributed by atoms with Crippen LogP contribution in [-0.2, 0) is 17.6 Å². The average Bonchev–Trinajstić information content (AvgIpc) is 3.13. The number of amides is 1. The van der Waals surface area contributed by atoms with Crippen LogP contribution in [-0.4, -0.2) is 30.4 Å². The van der Waals surface area contributed by atoms with Gasteiger partial charge in [-0.05, 0) is 90.6 Å². The van der Waals surface area contributed by atoms with E-state index in [0.717, 1.165) is 43.2 Å². The first kappa shape index (κ1) is 22.7. The van der Waals surface area contributed by atoms with Crippen molar-refractivity contribution in [3.8, 4) is 0 Å². The van der Waals surface area contributed by atoms with E-state index in [2.05, 4.69) is 6.08 Å². The number of nitrogens with two attached hydrogens (primary N) is 1.